The van der Waals surface area contributed by atoms with E-state index in [1.165, 1.54) is 0 Å². The minimum Gasteiger partial charge on any atom is -0.550 e. The number of ether oxygens (including phenoxy) is 5. The Morgan fingerprint density at radius 3 is 0.906 bits per heavy atom. The third-order valence-corrected chi connectivity index (χ3v) is 16.0. The molecule has 8 aromatic rings. The number of carbonyl (C=O) groups excluding carboxylic acids is 6. The van der Waals surface area contributed by atoms with Gasteiger partial charge in [0.2, 0.25) is 0 Å². The van der Waals surface area contributed by atoms with Crippen LogP contribution in [0.5, 0.6) is 0 Å². The maximum absolute atomic E-state index is 12.2. The average Bonchev–Trinajstić information content (AvgIpc) is 0.851. The first kappa shape index (κ1) is 95.5. The van der Waals surface area contributed by atoms with Crippen molar-refractivity contribution in [3.05, 3.63) is 232 Å². The number of nitrogens with two attached hydrogens (primary N) is 1. The predicted octanol–water partition coefficient (Wildman–Crippen LogP) is 15.5. The summed E-state index contributed by atoms with van der Waals surface area (Å²) in [5.41, 5.74) is 12.5. The summed E-state index contributed by atoms with van der Waals surface area (Å²) in [6.07, 6.45) is -0.722. The number of alkyl carbamates (subject to hydrolysis) is 2. The molecule has 0 aliphatic carbocycles. The Bertz CT molecular complexity index is 4020. The van der Waals surface area contributed by atoms with Crippen molar-refractivity contribution in [1.82, 2.24) is 16.0 Å². The van der Waals surface area contributed by atoms with Crippen molar-refractivity contribution in [2.75, 3.05) is 79.6 Å². The Morgan fingerprint density at radius 2 is 0.651 bits per heavy atom. The fraction of sp³-hybridized carbons (Fsp3) is 0.280. The number of amides is 2. The Hall–Kier alpha value is -6.61. The van der Waals surface area contributed by atoms with Crippen molar-refractivity contribution in [3.8, 4) is 0 Å². The Labute approximate surface area is 695 Å². The number of alkyl halides is 1. The molecule has 0 aromatic heterocycles. The predicted molar refractivity (Wildman–Crippen MR) is 430 cm³/mol. The van der Waals surface area contributed by atoms with Gasteiger partial charge >= 0.3 is 59.7 Å². The smallest absolute Gasteiger partial charge is 0.550 e. The molecule has 0 unspecified atom stereocenters. The summed E-state index contributed by atoms with van der Waals surface area (Å²) < 4.78 is 25.4. The SMILES string of the molecule is CC(C)(C)OC(=O)NCCBr.CC(C)(C)OC(=O)NCCOC(=O)Cc1ccccc1Nc1c(Cl)cccc1Cl.CNCCOC(=O)Cc1ccccc1Nc1c(Cl)cccc1Cl.Cl.NCCOC(=O)Cc1ccccc1Nc1c(Cl)cccc1Cl.O=C([O-])Cc1ccccc1Nc1c(Cl)cccc1Cl.[Na+]. The fourth-order valence-electron chi connectivity index (χ4n) is 8.50. The number of carboxylic acid groups (broad SMARTS) is 1. The number of carbonyl (C=O) groups is 6. The Balaban J connectivity index is 0.000000459. The third kappa shape index (κ3) is 37.5. The fourth-order valence-corrected chi connectivity index (χ4v) is 10.7. The van der Waals surface area contributed by atoms with Crippen LogP contribution in [0.4, 0.5) is 55.1 Å². The summed E-state index contributed by atoms with van der Waals surface area (Å²) in [7, 11) is 1.81. The summed E-state index contributed by atoms with van der Waals surface area (Å²) in [5.74, 6) is -2.17. The largest absolute Gasteiger partial charge is 1.00 e. The molecule has 106 heavy (non-hydrogen) atoms. The van der Waals surface area contributed by atoms with E-state index < -0.39 is 29.2 Å². The second-order valence-electron chi connectivity index (χ2n) is 23.7. The van der Waals surface area contributed by atoms with Gasteiger partial charge in [-0.1, -0.05) is 206 Å². The molecule has 9 N–H and O–H groups in total. The molecule has 2 amide bonds. The number of hydrogen-bond donors (Lipinski definition) is 8. The normalized spacial score (nSPS) is 10.3. The number of carboxylic acids is 1. The van der Waals surface area contributed by atoms with Crippen molar-refractivity contribution < 1.29 is 87.1 Å². The van der Waals surface area contributed by atoms with Crippen molar-refractivity contribution in [3.63, 3.8) is 0 Å². The quantitative estimate of drug-likeness (QED) is 0.00822. The van der Waals surface area contributed by atoms with Crippen LogP contribution in [0.2, 0.25) is 40.2 Å². The number of nitrogens with one attached hydrogen (secondary N) is 7. The molecule has 566 valence electrons. The molecule has 31 heteroatoms. The second kappa shape index (κ2) is 50.9. The maximum atomic E-state index is 12.2. The van der Waals surface area contributed by atoms with E-state index in [9.17, 15) is 33.9 Å². The zero-order chi connectivity index (χ0) is 76.8. The summed E-state index contributed by atoms with van der Waals surface area (Å²) in [6.45, 7) is 13.1. The molecule has 0 radical (unpaired) electrons. The first-order valence-corrected chi connectivity index (χ1v) is 36.2. The Kier molecular flexibility index (Phi) is 45.9. The van der Waals surface area contributed by atoms with Crippen molar-refractivity contribution >= 4 is 203 Å². The van der Waals surface area contributed by atoms with Crippen LogP contribution in [0.1, 0.15) is 63.8 Å². The zero-order valence-electron chi connectivity index (χ0n) is 59.4. The van der Waals surface area contributed by atoms with Gasteiger partial charge in [0.05, 0.1) is 88.7 Å². The van der Waals surface area contributed by atoms with Crippen LogP contribution >= 0.6 is 121 Å². The summed E-state index contributed by atoms with van der Waals surface area (Å²) in [4.78, 5) is 69.0. The number of para-hydroxylation sites is 8. The molecule has 0 saturated heterocycles. The molecule has 0 spiro atoms. The van der Waals surface area contributed by atoms with Crippen LogP contribution in [-0.2, 0) is 68.5 Å². The number of esters is 3. The van der Waals surface area contributed by atoms with E-state index in [1.807, 2.05) is 93.6 Å². The van der Waals surface area contributed by atoms with E-state index >= 15 is 0 Å². The van der Waals surface area contributed by atoms with Gasteiger partial charge in [-0.3, -0.25) is 14.4 Å². The third-order valence-electron chi connectivity index (χ3n) is 13.1. The van der Waals surface area contributed by atoms with E-state index in [1.54, 1.807) is 125 Å². The van der Waals surface area contributed by atoms with Gasteiger partial charge in [-0.05, 0) is 144 Å². The van der Waals surface area contributed by atoms with Gasteiger partial charge in [-0.15, -0.1) is 12.4 Å². The molecule has 20 nitrogen and oxygen atoms in total. The maximum Gasteiger partial charge on any atom is 1.00 e. The number of hydrogen-bond acceptors (Lipinski definition) is 18. The van der Waals surface area contributed by atoms with Crippen LogP contribution in [0.3, 0.4) is 0 Å². The molecule has 8 aromatic carbocycles. The summed E-state index contributed by atoms with van der Waals surface area (Å²) in [5, 5.41) is 36.0. The monoisotopic (exact) mass is 1700 g/mol. The van der Waals surface area contributed by atoms with Gasteiger partial charge < -0.3 is 76.5 Å². The summed E-state index contributed by atoms with van der Waals surface area (Å²) >= 11 is 52.4. The van der Waals surface area contributed by atoms with E-state index in [0.717, 1.165) is 33.4 Å². The van der Waals surface area contributed by atoms with Crippen LogP contribution in [0, 0.1) is 0 Å². The van der Waals surface area contributed by atoms with Gasteiger partial charge in [0.15, 0.2) is 0 Å². The van der Waals surface area contributed by atoms with Crippen LogP contribution in [0.25, 0.3) is 0 Å². The molecule has 0 fully saturated rings. The number of benzene rings is 8. The molecule has 8 rings (SSSR count). The zero-order valence-corrected chi connectivity index (χ0v) is 69.9. The molecule has 0 heterocycles. The molecule has 0 bridgehead atoms. The molecule has 0 saturated carbocycles. The first-order chi connectivity index (χ1) is 49.4. The van der Waals surface area contributed by atoms with Crippen LogP contribution < -0.4 is 77.6 Å². The van der Waals surface area contributed by atoms with Crippen molar-refractivity contribution in [2.45, 2.75) is 78.4 Å². The minimum absolute atomic E-state index is 0. The average molecular weight is 1710 g/mol. The van der Waals surface area contributed by atoms with Gasteiger partial charge in [0, 0.05) is 60.1 Å². The molecular formula is C75H83BrCl9N8NaO12. The van der Waals surface area contributed by atoms with E-state index in [0.29, 0.717) is 106 Å². The number of aliphatic carboxylic acids is 1. The van der Waals surface area contributed by atoms with Gasteiger partial charge in [-0.25, -0.2) is 9.59 Å². The number of likely N-dealkylation sites (N-methyl/N-ethyl adjacent to an activating group) is 1. The van der Waals surface area contributed by atoms with Crippen molar-refractivity contribution in [2.24, 2.45) is 5.73 Å². The Morgan fingerprint density at radius 1 is 0.396 bits per heavy atom. The van der Waals surface area contributed by atoms with Crippen molar-refractivity contribution in [1.29, 1.82) is 0 Å². The molecule has 0 aliphatic rings. The van der Waals surface area contributed by atoms with Gasteiger partial charge in [0.1, 0.15) is 31.0 Å². The standard InChI is InChI=1S/C21H24Cl2N2O4.C17H18Cl2N2O2.C16H16Cl2N2O2.C14H11Cl2NO2.C7H14BrNO2.ClH.Na/c1-21(2,3)29-20(27)24-11-12-28-18(26)13-14-7-4-5-10-17(14)25-19-15(22)8-6-9-16(19)23;1-20-9-10-23-16(22)11-12-5-2-3-8-15(12)21-17-13(18)6-4-7-14(17)19;17-12-5-3-6-13(18)16(12)20-14-7-2-1-4-11(14)10-15(21)22-9-8-19;15-10-5-3-6-11(16)14(10)17-12-7-2-1-4-9(12)8-13(18)19;1-7(2,3)11-6(10)9-5-4-8;;/h4-10,25H,11-13H2,1-3H3,(H,24,27);2-8,20-21H,9-11H2,1H3;1-7,20H,8-10,19H2;1-7,17H,8H2,(H,18,19);4-5H2,1-3H3,(H,9,10);1H;/q;;;;;;+1/p-1. The second-order valence-corrected chi connectivity index (χ2v) is 27.7. The topological polar surface area (TPSA) is 282 Å². The van der Waals surface area contributed by atoms with Crippen LogP contribution in [0.15, 0.2) is 170 Å². The number of rotatable bonds is 26. The molecular weight excluding hydrogens is 1630 g/mol. The number of anilines is 8. The minimum atomic E-state index is -1.14. The molecule has 0 aliphatic heterocycles. The van der Waals surface area contributed by atoms with Gasteiger partial charge in [0.25, 0.3) is 0 Å². The van der Waals surface area contributed by atoms with E-state index in [2.05, 4.69) is 53.1 Å². The van der Waals surface area contributed by atoms with E-state index in [4.69, 9.17) is 122 Å². The molecule has 0 atom stereocenters. The van der Waals surface area contributed by atoms with E-state index in [-0.39, 0.29) is 105 Å². The number of halogens is 10. The van der Waals surface area contributed by atoms with Gasteiger partial charge in [-0.2, -0.15) is 0 Å². The summed E-state index contributed by atoms with van der Waals surface area (Å²) in [6, 6.07) is 50.1. The van der Waals surface area contributed by atoms with Crippen LogP contribution in [-0.4, -0.2) is 106 Å². The first-order valence-electron chi connectivity index (χ1n) is 32.1.